The number of hydrogen-bond donors (Lipinski definition) is 1. The Morgan fingerprint density at radius 1 is 1.50 bits per heavy atom. The van der Waals surface area contributed by atoms with Crippen molar-refractivity contribution in [1.29, 1.82) is 0 Å². The number of nitrogens with zero attached hydrogens (tertiary/aromatic N) is 2. The lowest BCUT2D eigenvalue weighted by atomic mass is 10.0. The Balaban J connectivity index is 1.99. The van der Waals surface area contributed by atoms with Gasteiger partial charge in [0.2, 0.25) is 5.91 Å². The summed E-state index contributed by atoms with van der Waals surface area (Å²) in [6.45, 7) is 1.81. The highest BCUT2D eigenvalue weighted by atomic mass is 32.1. The molecule has 0 radical (unpaired) electrons. The molecule has 0 bridgehead atoms. The third-order valence-corrected chi connectivity index (χ3v) is 4.23. The molecule has 0 saturated carbocycles. The maximum atomic E-state index is 12.3. The minimum Gasteiger partial charge on any atom is -0.382 e. The number of carbonyl (C=O) groups excluding carboxylic acids is 3. The van der Waals surface area contributed by atoms with Gasteiger partial charge in [0.1, 0.15) is 12.1 Å². The zero-order chi connectivity index (χ0) is 16.3. The molecule has 1 saturated heterocycles. The highest BCUT2D eigenvalue weighted by Crippen LogP contribution is 2.18. The second kappa shape index (κ2) is 6.45. The van der Waals surface area contributed by atoms with Gasteiger partial charge in [0.05, 0.1) is 6.61 Å². The average Bonchev–Trinajstić information content (AvgIpc) is 3.02. The molecule has 22 heavy (non-hydrogen) atoms. The Hall–Kier alpha value is -1.93. The van der Waals surface area contributed by atoms with Gasteiger partial charge in [-0.1, -0.05) is 0 Å². The van der Waals surface area contributed by atoms with Crippen molar-refractivity contribution in [2.45, 2.75) is 19.0 Å². The van der Waals surface area contributed by atoms with Crippen LogP contribution >= 0.6 is 11.3 Å². The number of likely N-dealkylation sites (N-methyl/N-ethyl adjacent to an activating group) is 1. The summed E-state index contributed by atoms with van der Waals surface area (Å²) in [5.74, 6) is -0.743. The highest BCUT2D eigenvalue weighted by Gasteiger charge is 2.48. The number of amides is 4. The summed E-state index contributed by atoms with van der Waals surface area (Å²) < 4.78 is 4.96. The van der Waals surface area contributed by atoms with E-state index >= 15 is 0 Å². The summed E-state index contributed by atoms with van der Waals surface area (Å²) in [5, 5.41) is 6.45. The lowest BCUT2D eigenvalue weighted by Crippen LogP contribution is -2.48. The lowest BCUT2D eigenvalue weighted by Gasteiger charge is -2.22. The van der Waals surface area contributed by atoms with Gasteiger partial charge in [-0.3, -0.25) is 14.5 Å². The SMILES string of the molecule is COC[C@@]1(C)NC(=O)N(CC(=O)N(C)Cc2ccsc2)C1=O. The minimum absolute atomic E-state index is 0.0625. The predicted molar refractivity (Wildman–Crippen MR) is 81.3 cm³/mol. The molecule has 0 spiro atoms. The number of rotatable bonds is 6. The number of nitrogens with one attached hydrogen (secondary N) is 1. The molecule has 4 amide bonds. The van der Waals surface area contributed by atoms with Gasteiger partial charge in [-0.05, 0) is 29.3 Å². The van der Waals surface area contributed by atoms with Crippen LogP contribution in [0.2, 0.25) is 0 Å². The van der Waals surface area contributed by atoms with Crippen LogP contribution < -0.4 is 5.32 Å². The molecule has 1 atom stereocenters. The van der Waals surface area contributed by atoms with E-state index in [1.54, 1.807) is 25.3 Å². The summed E-state index contributed by atoms with van der Waals surface area (Å²) in [4.78, 5) is 38.9. The molecule has 0 aromatic carbocycles. The lowest BCUT2D eigenvalue weighted by molar-refractivity contribution is -0.139. The van der Waals surface area contributed by atoms with Gasteiger partial charge in [0, 0.05) is 20.7 Å². The Kier molecular flexibility index (Phi) is 4.82. The second-order valence-electron chi connectivity index (χ2n) is 5.47. The number of hydrogen-bond acceptors (Lipinski definition) is 5. The third kappa shape index (κ3) is 3.28. The second-order valence-corrected chi connectivity index (χ2v) is 6.25. The number of ether oxygens (including phenoxy) is 1. The van der Waals surface area contributed by atoms with Crippen LogP contribution in [0.25, 0.3) is 0 Å². The maximum absolute atomic E-state index is 12.3. The summed E-state index contributed by atoms with van der Waals surface area (Å²) >= 11 is 1.55. The summed E-state index contributed by atoms with van der Waals surface area (Å²) in [7, 11) is 3.10. The van der Waals surface area contributed by atoms with Crippen LogP contribution in [0, 0.1) is 0 Å². The largest absolute Gasteiger partial charge is 0.382 e. The maximum Gasteiger partial charge on any atom is 0.325 e. The molecule has 1 fully saturated rings. The average molecular weight is 325 g/mol. The molecule has 2 heterocycles. The van der Waals surface area contributed by atoms with Gasteiger partial charge in [0.15, 0.2) is 0 Å². The van der Waals surface area contributed by atoms with Crippen molar-refractivity contribution >= 4 is 29.2 Å². The van der Waals surface area contributed by atoms with E-state index in [1.807, 2.05) is 16.8 Å². The zero-order valence-electron chi connectivity index (χ0n) is 12.8. The molecule has 1 aliphatic heterocycles. The Morgan fingerprint density at radius 2 is 2.23 bits per heavy atom. The number of imide groups is 1. The smallest absolute Gasteiger partial charge is 0.325 e. The minimum atomic E-state index is -1.11. The molecule has 120 valence electrons. The third-order valence-electron chi connectivity index (χ3n) is 3.50. The van der Waals surface area contributed by atoms with E-state index in [-0.39, 0.29) is 19.1 Å². The van der Waals surface area contributed by atoms with Gasteiger partial charge in [-0.15, -0.1) is 0 Å². The van der Waals surface area contributed by atoms with Gasteiger partial charge in [-0.2, -0.15) is 11.3 Å². The standard InChI is InChI=1S/C14H19N3O4S/c1-14(9-21-3)12(19)17(13(20)15-14)7-11(18)16(2)6-10-4-5-22-8-10/h4-5,8H,6-7,9H2,1-3H3,(H,15,20)/t14-/m1/s1. The first-order valence-electron chi connectivity index (χ1n) is 6.75. The van der Waals surface area contributed by atoms with Crippen molar-refractivity contribution in [1.82, 2.24) is 15.1 Å². The Bertz CT molecular complexity index is 575. The number of methoxy groups -OCH3 is 1. The predicted octanol–water partition coefficient (Wildman–Crippen LogP) is 0.663. The first-order chi connectivity index (χ1) is 10.4. The molecular formula is C14H19N3O4S. The van der Waals surface area contributed by atoms with Crippen molar-refractivity contribution in [3.63, 3.8) is 0 Å². The van der Waals surface area contributed by atoms with E-state index in [4.69, 9.17) is 4.74 Å². The van der Waals surface area contributed by atoms with Gasteiger partial charge in [-0.25, -0.2) is 4.79 Å². The van der Waals surface area contributed by atoms with E-state index < -0.39 is 17.5 Å². The fraction of sp³-hybridized carbons (Fsp3) is 0.500. The van der Waals surface area contributed by atoms with E-state index in [9.17, 15) is 14.4 Å². The monoisotopic (exact) mass is 325 g/mol. The molecule has 2 rings (SSSR count). The number of urea groups is 1. The molecule has 1 aromatic rings. The Morgan fingerprint density at radius 3 is 2.82 bits per heavy atom. The van der Waals surface area contributed by atoms with Crippen LogP contribution in [0.4, 0.5) is 4.79 Å². The first-order valence-corrected chi connectivity index (χ1v) is 7.70. The van der Waals surface area contributed by atoms with E-state index in [0.29, 0.717) is 6.54 Å². The van der Waals surface area contributed by atoms with Crippen molar-refractivity contribution < 1.29 is 19.1 Å². The van der Waals surface area contributed by atoms with E-state index in [0.717, 1.165) is 10.5 Å². The van der Waals surface area contributed by atoms with Crippen LogP contribution in [-0.4, -0.2) is 60.5 Å². The fourth-order valence-corrected chi connectivity index (χ4v) is 2.94. The normalized spacial score (nSPS) is 21.1. The molecule has 1 N–H and O–H groups in total. The van der Waals surface area contributed by atoms with Crippen LogP contribution in [0.15, 0.2) is 16.8 Å². The first kappa shape index (κ1) is 16.4. The van der Waals surface area contributed by atoms with E-state index in [2.05, 4.69) is 5.32 Å². The summed E-state index contributed by atoms with van der Waals surface area (Å²) in [5.41, 5.74) is -0.0971. The van der Waals surface area contributed by atoms with Crippen molar-refractivity contribution in [2.75, 3.05) is 27.3 Å². The Labute approximate surface area is 132 Å². The highest BCUT2D eigenvalue weighted by molar-refractivity contribution is 7.07. The van der Waals surface area contributed by atoms with E-state index in [1.165, 1.54) is 12.0 Å². The fourth-order valence-electron chi connectivity index (χ4n) is 2.28. The van der Waals surface area contributed by atoms with Gasteiger partial charge >= 0.3 is 6.03 Å². The molecule has 1 aromatic heterocycles. The summed E-state index contributed by atoms with van der Waals surface area (Å²) in [6.07, 6.45) is 0. The van der Waals surface area contributed by atoms with Crippen molar-refractivity contribution in [2.24, 2.45) is 0 Å². The molecule has 0 unspecified atom stereocenters. The summed E-state index contributed by atoms with van der Waals surface area (Å²) in [6, 6.07) is 1.36. The molecule has 7 nitrogen and oxygen atoms in total. The molecule has 1 aliphatic rings. The van der Waals surface area contributed by atoms with Gasteiger partial charge < -0.3 is 15.0 Å². The van der Waals surface area contributed by atoms with Crippen LogP contribution in [0.3, 0.4) is 0 Å². The van der Waals surface area contributed by atoms with Gasteiger partial charge in [0.25, 0.3) is 5.91 Å². The quantitative estimate of drug-likeness (QED) is 0.780. The topological polar surface area (TPSA) is 79.0 Å². The molecule has 0 aliphatic carbocycles. The zero-order valence-corrected chi connectivity index (χ0v) is 13.6. The molecular weight excluding hydrogens is 306 g/mol. The van der Waals surface area contributed by atoms with Crippen LogP contribution in [-0.2, 0) is 20.9 Å². The number of carbonyl (C=O) groups is 3. The number of thiophene rings is 1. The van der Waals surface area contributed by atoms with Crippen molar-refractivity contribution in [3.8, 4) is 0 Å². The van der Waals surface area contributed by atoms with Crippen LogP contribution in [0.1, 0.15) is 12.5 Å². The van der Waals surface area contributed by atoms with Crippen LogP contribution in [0.5, 0.6) is 0 Å². The molecule has 8 heteroatoms. The van der Waals surface area contributed by atoms with Crippen molar-refractivity contribution in [3.05, 3.63) is 22.4 Å².